The first-order chi connectivity index (χ1) is 15.5. The summed E-state index contributed by atoms with van der Waals surface area (Å²) >= 11 is 13.4. The molecular weight excluding hydrogens is 463 g/mol. The fourth-order valence-electron chi connectivity index (χ4n) is 3.09. The highest BCUT2D eigenvalue weighted by atomic mass is 35.5. The number of anilines is 1. The maximum atomic E-state index is 12.6. The van der Waals surface area contributed by atoms with Gasteiger partial charge in [-0.2, -0.15) is 0 Å². The minimum atomic E-state index is 0.00345. The van der Waals surface area contributed by atoms with E-state index in [0.717, 1.165) is 22.8 Å². The predicted octanol–water partition coefficient (Wildman–Crippen LogP) is 6.47. The molecule has 4 aromatic rings. The summed E-state index contributed by atoms with van der Waals surface area (Å²) in [5.74, 6) is 0.979. The number of nitrogens with one attached hydrogen (secondary N) is 1. The van der Waals surface area contributed by atoms with Gasteiger partial charge in [-0.05, 0) is 61.5 Å². The molecule has 0 unspecified atom stereocenters. The van der Waals surface area contributed by atoms with E-state index in [2.05, 4.69) is 15.5 Å². The molecule has 4 rings (SSSR count). The van der Waals surface area contributed by atoms with Gasteiger partial charge >= 0.3 is 0 Å². The highest BCUT2D eigenvalue weighted by Crippen LogP contribution is 2.25. The van der Waals surface area contributed by atoms with Crippen molar-refractivity contribution in [3.05, 3.63) is 99.8 Å². The minimum absolute atomic E-state index is 0.00345. The molecule has 0 saturated heterocycles. The van der Waals surface area contributed by atoms with Crippen LogP contribution < -0.4 is 5.32 Å². The number of nitrogens with zero attached hydrogens (tertiary/aromatic N) is 3. The second kappa shape index (κ2) is 10.2. The summed E-state index contributed by atoms with van der Waals surface area (Å²) in [5, 5.41) is 14.0. The van der Waals surface area contributed by atoms with Crippen LogP contribution in [-0.2, 0) is 6.54 Å². The van der Waals surface area contributed by atoms with Crippen molar-refractivity contribution in [2.45, 2.75) is 18.6 Å². The van der Waals surface area contributed by atoms with E-state index < -0.39 is 0 Å². The number of ketones is 1. The number of carbonyl (C=O) groups is 1. The summed E-state index contributed by atoms with van der Waals surface area (Å²) in [6, 6.07) is 22.5. The zero-order valence-corrected chi connectivity index (χ0v) is 19.6. The predicted molar refractivity (Wildman–Crippen MR) is 131 cm³/mol. The Labute approximate surface area is 200 Å². The molecule has 0 aliphatic rings. The van der Waals surface area contributed by atoms with Crippen molar-refractivity contribution < 1.29 is 4.79 Å². The number of hydrogen-bond donors (Lipinski definition) is 1. The van der Waals surface area contributed by atoms with Crippen LogP contribution in [0.3, 0.4) is 0 Å². The molecule has 0 fully saturated rings. The fourth-order valence-corrected chi connectivity index (χ4v) is 4.27. The molecule has 1 N–H and O–H groups in total. The number of aryl methyl sites for hydroxylation is 1. The number of carbonyl (C=O) groups excluding carboxylic acids is 1. The molecule has 1 aromatic heterocycles. The highest BCUT2D eigenvalue weighted by Gasteiger charge is 2.16. The van der Waals surface area contributed by atoms with Crippen molar-refractivity contribution in [2.75, 3.05) is 11.1 Å². The van der Waals surface area contributed by atoms with Crippen LogP contribution >= 0.6 is 35.0 Å². The summed E-state index contributed by atoms with van der Waals surface area (Å²) in [4.78, 5) is 12.6. The molecule has 5 nitrogen and oxygen atoms in total. The lowest BCUT2D eigenvalue weighted by atomic mass is 10.1. The number of thioether (sulfide) groups is 1. The number of rotatable bonds is 8. The van der Waals surface area contributed by atoms with E-state index >= 15 is 0 Å². The standard InChI is InChI=1S/C24H20Cl2N4OS/c1-16-5-11-21(12-6-16)30-23(14-27-20-4-2-3-19(26)13-20)28-29-24(30)32-15-22(31)17-7-9-18(25)10-8-17/h2-13,27H,14-15H2,1H3. The summed E-state index contributed by atoms with van der Waals surface area (Å²) < 4.78 is 1.97. The summed E-state index contributed by atoms with van der Waals surface area (Å²) in [6.45, 7) is 2.49. The Morgan fingerprint density at radius 1 is 0.969 bits per heavy atom. The quantitative estimate of drug-likeness (QED) is 0.230. The van der Waals surface area contributed by atoms with E-state index in [-0.39, 0.29) is 11.5 Å². The zero-order valence-electron chi connectivity index (χ0n) is 17.3. The van der Waals surface area contributed by atoms with Crippen LogP contribution in [0.4, 0.5) is 5.69 Å². The molecule has 1 heterocycles. The van der Waals surface area contributed by atoms with Crippen LogP contribution in [0.15, 0.2) is 78.0 Å². The van der Waals surface area contributed by atoms with Crippen LogP contribution in [0, 0.1) is 6.92 Å². The first kappa shape index (κ1) is 22.4. The third-order valence-corrected chi connectivity index (χ3v) is 6.18. The lowest BCUT2D eigenvalue weighted by molar-refractivity contribution is 0.102. The summed E-state index contributed by atoms with van der Waals surface area (Å²) in [5.41, 5.74) is 3.60. The third kappa shape index (κ3) is 5.51. The maximum absolute atomic E-state index is 12.6. The molecule has 0 radical (unpaired) electrons. The van der Waals surface area contributed by atoms with Gasteiger partial charge in [-0.1, -0.05) is 58.7 Å². The number of benzene rings is 3. The topological polar surface area (TPSA) is 59.8 Å². The minimum Gasteiger partial charge on any atom is -0.378 e. The molecule has 0 atom stereocenters. The molecule has 162 valence electrons. The van der Waals surface area contributed by atoms with Crippen LogP contribution in [0.25, 0.3) is 5.69 Å². The van der Waals surface area contributed by atoms with Crippen LogP contribution in [-0.4, -0.2) is 26.3 Å². The molecule has 0 aliphatic heterocycles. The van der Waals surface area contributed by atoms with Crippen LogP contribution in [0.5, 0.6) is 0 Å². The molecule has 3 aromatic carbocycles. The second-order valence-corrected chi connectivity index (χ2v) is 8.97. The lowest BCUT2D eigenvalue weighted by Gasteiger charge is -2.12. The van der Waals surface area contributed by atoms with E-state index in [4.69, 9.17) is 23.2 Å². The van der Waals surface area contributed by atoms with Crippen LogP contribution in [0.1, 0.15) is 21.7 Å². The van der Waals surface area contributed by atoms with Gasteiger partial charge in [-0.25, -0.2) is 0 Å². The van der Waals surface area contributed by atoms with Crippen molar-refractivity contribution in [1.29, 1.82) is 0 Å². The molecule has 0 aliphatic carbocycles. The average Bonchev–Trinajstić information content (AvgIpc) is 3.20. The van der Waals surface area contributed by atoms with E-state index in [1.165, 1.54) is 11.8 Å². The Balaban J connectivity index is 1.56. The van der Waals surface area contributed by atoms with E-state index in [0.29, 0.717) is 27.3 Å². The van der Waals surface area contributed by atoms with Gasteiger partial charge in [0.25, 0.3) is 0 Å². The first-order valence-electron chi connectivity index (χ1n) is 9.92. The van der Waals surface area contributed by atoms with Gasteiger partial charge in [0.15, 0.2) is 16.8 Å². The second-order valence-electron chi connectivity index (χ2n) is 7.15. The zero-order chi connectivity index (χ0) is 22.5. The third-order valence-electron chi connectivity index (χ3n) is 4.77. The van der Waals surface area contributed by atoms with Crippen molar-refractivity contribution in [3.8, 4) is 5.69 Å². The highest BCUT2D eigenvalue weighted by molar-refractivity contribution is 7.99. The Kier molecular flexibility index (Phi) is 7.15. The number of Topliss-reactive ketones (excluding diaryl/α,β-unsaturated/α-hetero) is 1. The van der Waals surface area contributed by atoms with Crippen molar-refractivity contribution in [3.63, 3.8) is 0 Å². The summed E-state index contributed by atoms with van der Waals surface area (Å²) in [7, 11) is 0. The van der Waals surface area contributed by atoms with Crippen molar-refractivity contribution in [1.82, 2.24) is 14.8 Å². The number of aromatic nitrogens is 3. The number of halogens is 2. The van der Waals surface area contributed by atoms with Gasteiger partial charge in [-0.3, -0.25) is 9.36 Å². The maximum Gasteiger partial charge on any atom is 0.196 e. The molecule has 0 saturated carbocycles. The molecule has 8 heteroatoms. The van der Waals surface area contributed by atoms with Gasteiger partial charge < -0.3 is 5.32 Å². The number of hydrogen-bond acceptors (Lipinski definition) is 5. The normalized spacial score (nSPS) is 10.8. The van der Waals surface area contributed by atoms with Gasteiger partial charge in [0, 0.05) is 27.0 Å². The van der Waals surface area contributed by atoms with Gasteiger partial charge in [-0.15, -0.1) is 10.2 Å². The smallest absolute Gasteiger partial charge is 0.196 e. The molecule has 0 bridgehead atoms. The van der Waals surface area contributed by atoms with Gasteiger partial charge in [0.2, 0.25) is 0 Å². The van der Waals surface area contributed by atoms with E-state index in [1.54, 1.807) is 24.3 Å². The van der Waals surface area contributed by atoms with E-state index in [1.807, 2.05) is 60.0 Å². The SMILES string of the molecule is Cc1ccc(-n2c(CNc3cccc(Cl)c3)nnc2SCC(=O)c2ccc(Cl)cc2)cc1. The van der Waals surface area contributed by atoms with Gasteiger partial charge in [0.05, 0.1) is 12.3 Å². The van der Waals surface area contributed by atoms with Crippen molar-refractivity contribution >= 4 is 46.4 Å². The van der Waals surface area contributed by atoms with Crippen LogP contribution in [0.2, 0.25) is 10.0 Å². The lowest BCUT2D eigenvalue weighted by Crippen LogP contribution is -2.09. The van der Waals surface area contributed by atoms with E-state index in [9.17, 15) is 4.79 Å². The largest absolute Gasteiger partial charge is 0.378 e. The fraction of sp³-hybridized carbons (Fsp3) is 0.125. The Bertz CT molecular complexity index is 1220. The van der Waals surface area contributed by atoms with Gasteiger partial charge in [0.1, 0.15) is 0 Å². The molecule has 32 heavy (non-hydrogen) atoms. The van der Waals surface area contributed by atoms with Crippen molar-refractivity contribution in [2.24, 2.45) is 0 Å². The first-order valence-corrected chi connectivity index (χ1v) is 11.7. The Morgan fingerprint density at radius 2 is 1.72 bits per heavy atom. The molecule has 0 spiro atoms. The molecular formula is C24H20Cl2N4OS. The summed E-state index contributed by atoms with van der Waals surface area (Å²) in [6.07, 6.45) is 0. The Hall–Kier alpha value is -2.80. The molecule has 0 amide bonds. The average molecular weight is 483 g/mol. The Morgan fingerprint density at radius 3 is 2.44 bits per heavy atom. The monoisotopic (exact) mass is 482 g/mol.